The molecule has 2 rings (SSSR count). The summed E-state index contributed by atoms with van der Waals surface area (Å²) in [4.78, 5) is 12.1. The number of rotatable bonds is 4. The van der Waals surface area contributed by atoms with E-state index >= 15 is 0 Å². The standard InChI is InChI=1S/C15H14FN3O/c1-2-7-18-15(20)14-11(10-17)6-8-19(14)13-5-3-4-12(16)9-13/h3-6,8-9H,2,7H2,1H3,(H,18,20). The molecule has 0 unspecified atom stereocenters. The van der Waals surface area contributed by atoms with Crippen molar-refractivity contribution in [1.29, 1.82) is 5.26 Å². The highest BCUT2D eigenvalue weighted by Crippen LogP contribution is 2.17. The van der Waals surface area contributed by atoms with E-state index < -0.39 is 5.82 Å². The Morgan fingerprint density at radius 2 is 2.25 bits per heavy atom. The molecular weight excluding hydrogens is 257 g/mol. The van der Waals surface area contributed by atoms with Crippen LogP contribution in [0.1, 0.15) is 29.4 Å². The zero-order chi connectivity index (χ0) is 14.5. The number of carbonyl (C=O) groups is 1. The first kappa shape index (κ1) is 13.8. The monoisotopic (exact) mass is 271 g/mol. The Morgan fingerprint density at radius 3 is 2.90 bits per heavy atom. The highest BCUT2D eigenvalue weighted by molar-refractivity contribution is 5.95. The molecule has 1 heterocycles. The van der Waals surface area contributed by atoms with Crippen molar-refractivity contribution < 1.29 is 9.18 Å². The Labute approximate surface area is 116 Å². The highest BCUT2D eigenvalue weighted by atomic mass is 19.1. The maximum Gasteiger partial charge on any atom is 0.269 e. The van der Waals surface area contributed by atoms with Crippen LogP contribution in [0.3, 0.4) is 0 Å². The normalized spacial score (nSPS) is 10.1. The summed E-state index contributed by atoms with van der Waals surface area (Å²) in [7, 11) is 0. The molecule has 0 fully saturated rings. The predicted molar refractivity (Wildman–Crippen MR) is 73.1 cm³/mol. The summed E-state index contributed by atoms with van der Waals surface area (Å²) in [5, 5.41) is 11.8. The second-order valence-electron chi connectivity index (χ2n) is 4.30. The molecule has 0 aliphatic rings. The molecule has 4 nitrogen and oxygen atoms in total. The quantitative estimate of drug-likeness (QED) is 0.929. The largest absolute Gasteiger partial charge is 0.351 e. The SMILES string of the molecule is CCCNC(=O)c1c(C#N)ccn1-c1cccc(F)c1. The number of hydrogen-bond donors (Lipinski definition) is 1. The summed E-state index contributed by atoms with van der Waals surface area (Å²) >= 11 is 0. The van der Waals surface area contributed by atoms with E-state index in [1.165, 1.54) is 16.7 Å². The first-order chi connectivity index (χ1) is 9.67. The van der Waals surface area contributed by atoms with Crippen LogP contribution < -0.4 is 5.32 Å². The number of nitriles is 1. The minimum absolute atomic E-state index is 0.228. The summed E-state index contributed by atoms with van der Waals surface area (Å²) in [5.41, 5.74) is 1.00. The predicted octanol–water partition coefficient (Wildman–Crippen LogP) is 2.63. The number of aromatic nitrogens is 1. The van der Waals surface area contributed by atoms with E-state index in [2.05, 4.69) is 5.32 Å². The van der Waals surface area contributed by atoms with Crippen molar-refractivity contribution in [1.82, 2.24) is 9.88 Å². The molecule has 0 saturated heterocycles. The van der Waals surface area contributed by atoms with Gasteiger partial charge in [-0.1, -0.05) is 13.0 Å². The maximum absolute atomic E-state index is 13.3. The first-order valence-corrected chi connectivity index (χ1v) is 6.33. The van der Waals surface area contributed by atoms with Gasteiger partial charge in [-0.3, -0.25) is 4.79 Å². The van der Waals surface area contributed by atoms with Gasteiger partial charge in [-0.05, 0) is 30.7 Å². The van der Waals surface area contributed by atoms with Gasteiger partial charge >= 0.3 is 0 Å². The van der Waals surface area contributed by atoms with Gasteiger partial charge in [0.25, 0.3) is 5.91 Å². The lowest BCUT2D eigenvalue weighted by atomic mass is 10.2. The van der Waals surface area contributed by atoms with Crippen molar-refractivity contribution in [3.63, 3.8) is 0 Å². The third kappa shape index (κ3) is 2.69. The lowest BCUT2D eigenvalue weighted by Gasteiger charge is -2.10. The number of nitrogens with one attached hydrogen (secondary N) is 1. The summed E-state index contributed by atoms with van der Waals surface area (Å²) in [6.07, 6.45) is 2.39. The lowest BCUT2D eigenvalue weighted by Crippen LogP contribution is -2.27. The van der Waals surface area contributed by atoms with Crippen molar-refractivity contribution in [3.8, 4) is 11.8 Å². The minimum Gasteiger partial charge on any atom is -0.351 e. The minimum atomic E-state index is -0.394. The number of halogens is 1. The molecule has 0 aliphatic carbocycles. The number of benzene rings is 1. The molecule has 1 N–H and O–H groups in total. The zero-order valence-electron chi connectivity index (χ0n) is 11.1. The first-order valence-electron chi connectivity index (χ1n) is 6.33. The van der Waals surface area contributed by atoms with Gasteiger partial charge in [-0.2, -0.15) is 5.26 Å². The van der Waals surface area contributed by atoms with Crippen LogP contribution in [0.15, 0.2) is 36.5 Å². The molecule has 0 saturated carbocycles. The van der Waals surface area contributed by atoms with E-state index in [4.69, 9.17) is 5.26 Å². The van der Waals surface area contributed by atoms with Crippen molar-refractivity contribution in [2.75, 3.05) is 6.54 Å². The second kappa shape index (κ2) is 6.02. The van der Waals surface area contributed by atoms with Crippen molar-refractivity contribution in [2.24, 2.45) is 0 Å². The summed E-state index contributed by atoms with van der Waals surface area (Å²) in [6.45, 7) is 2.47. The van der Waals surface area contributed by atoms with E-state index in [1.807, 2.05) is 13.0 Å². The average Bonchev–Trinajstić information content (AvgIpc) is 2.88. The van der Waals surface area contributed by atoms with E-state index in [0.717, 1.165) is 6.42 Å². The van der Waals surface area contributed by atoms with E-state index in [9.17, 15) is 9.18 Å². The van der Waals surface area contributed by atoms with Gasteiger partial charge in [0.15, 0.2) is 0 Å². The van der Waals surface area contributed by atoms with E-state index in [1.54, 1.807) is 24.4 Å². The maximum atomic E-state index is 13.3. The van der Waals surface area contributed by atoms with Gasteiger partial charge in [0.2, 0.25) is 0 Å². The third-order valence-corrected chi connectivity index (χ3v) is 2.84. The summed E-state index contributed by atoms with van der Waals surface area (Å²) in [5.74, 6) is -0.729. The number of amides is 1. The lowest BCUT2D eigenvalue weighted by molar-refractivity contribution is 0.0946. The molecule has 1 aromatic carbocycles. The average molecular weight is 271 g/mol. The van der Waals surface area contributed by atoms with E-state index in [0.29, 0.717) is 12.2 Å². The number of carbonyl (C=O) groups excluding carboxylic acids is 1. The summed E-state index contributed by atoms with van der Waals surface area (Å²) in [6, 6.07) is 9.42. The van der Waals surface area contributed by atoms with Gasteiger partial charge in [-0.25, -0.2) is 4.39 Å². The smallest absolute Gasteiger partial charge is 0.269 e. The van der Waals surface area contributed by atoms with Crippen LogP contribution in [0.5, 0.6) is 0 Å². The number of nitrogens with zero attached hydrogens (tertiary/aromatic N) is 2. The molecule has 102 valence electrons. The Balaban J connectivity index is 2.47. The molecule has 0 bridgehead atoms. The van der Waals surface area contributed by atoms with Crippen molar-refractivity contribution in [3.05, 3.63) is 53.6 Å². The summed E-state index contributed by atoms with van der Waals surface area (Å²) < 4.78 is 14.8. The zero-order valence-corrected chi connectivity index (χ0v) is 11.1. The van der Waals surface area contributed by atoms with Crippen LogP contribution >= 0.6 is 0 Å². The van der Waals surface area contributed by atoms with Gasteiger partial charge < -0.3 is 9.88 Å². The molecule has 20 heavy (non-hydrogen) atoms. The molecule has 2 aromatic rings. The molecule has 0 atom stereocenters. The van der Waals surface area contributed by atoms with Gasteiger partial charge in [0.05, 0.1) is 5.56 Å². The molecular formula is C15H14FN3O. The Kier molecular flexibility index (Phi) is 4.16. The molecule has 1 aromatic heterocycles. The van der Waals surface area contributed by atoms with Crippen LogP contribution in [0.4, 0.5) is 4.39 Å². The van der Waals surface area contributed by atoms with Gasteiger partial charge in [-0.15, -0.1) is 0 Å². The fourth-order valence-corrected chi connectivity index (χ4v) is 1.92. The molecule has 1 amide bonds. The molecule has 0 spiro atoms. The van der Waals surface area contributed by atoms with Crippen LogP contribution in [0, 0.1) is 17.1 Å². The van der Waals surface area contributed by atoms with Crippen LogP contribution in [-0.2, 0) is 0 Å². The van der Waals surface area contributed by atoms with Gasteiger partial charge in [0.1, 0.15) is 17.6 Å². The molecule has 0 radical (unpaired) electrons. The van der Waals surface area contributed by atoms with Crippen LogP contribution in [0.25, 0.3) is 5.69 Å². The Hall–Kier alpha value is -2.61. The fourth-order valence-electron chi connectivity index (χ4n) is 1.92. The second-order valence-corrected chi connectivity index (χ2v) is 4.30. The van der Waals surface area contributed by atoms with Crippen LogP contribution in [0.2, 0.25) is 0 Å². The van der Waals surface area contributed by atoms with Crippen molar-refractivity contribution in [2.45, 2.75) is 13.3 Å². The highest BCUT2D eigenvalue weighted by Gasteiger charge is 2.17. The topological polar surface area (TPSA) is 57.8 Å². The molecule has 5 heteroatoms. The Morgan fingerprint density at radius 1 is 1.45 bits per heavy atom. The Bertz CT molecular complexity index is 670. The van der Waals surface area contributed by atoms with Crippen LogP contribution in [-0.4, -0.2) is 17.0 Å². The fraction of sp³-hybridized carbons (Fsp3) is 0.200. The molecule has 0 aliphatic heterocycles. The number of hydrogen-bond acceptors (Lipinski definition) is 2. The van der Waals surface area contributed by atoms with E-state index in [-0.39, 0.29) is 17.2 Å². The van der Waals surface area contributed by atoms with Gasteiger partial charge in [0, 0.05) is 18.4 Å². The van der Waals surface area contributed by atoms with Crippen molar-refractivity contribution >= 4 is 5.91 Å². The third-order valence-electron chi connectivity index (χ3n) is 2.84.